The van der Waals surface area contributed by atoms with Gasteiger partial charge in [-0.05, 0) is 84.2 Å². The van der Waals surface area contributed by atoms with Crippen molar-refractivity contribution in [2.45, 2.75) is 51.5 Å². The number of nitrogens with zero attached hydrogens (tertiary/aromatic N) is 2. The molecule has 1 saturated carbocycles. The molecule has 4 heteroatoms. The van der Waals surface area contributed by atoms with Gasteiger partial charge in [0, 0.05) is 25.7 Å². The summed E-state index contributed by atoms with van der Waals surface area (Å²) < 4.78 is 5.43. The standard InChI is InChI=1S/C25H31N3O/c1-25(17-27-16-19-5-3-4-14-28-19)12-10-22-21-9-7-20(29-2)15-18(21)6-8-23(22)24(25)11-13-26/h3-5,7,9,14-15,22-24,27H,6,8,10-12,16-17H2,1-2H3/t22-,23-,24+,25-/m1/s1. The highest BCUT2D eigenvalue weighted by Crippen LogP contribution is 2.55. The third kappa shape index (κ3) is 4.02. The predicted octanol–water partition coefficient (Wildman–Crippen LogP) is 4.86. The minimum atomic E-state index is 0.148. The van der Waals surface area contributed by atoms with E-state index in [1.807, 2.05) is 18.3 Å². The molecule has 0 unspecified atom stereocenters. The molecule has 1 N–H and O–H groups in total. The molecular formula is C25H31N3O. The van der Waals surface area contributed by atoms with Gasteiger partial charge in [0.1, 0.15) is 5.75 Å². The van der Waals surface area contributed by atoms with E-state index in [2.05, 4.69) is 47.6 Å². The quantitative estimate of drug-likeness (QED) is 0.767. The average Bonchev–Trinajstić information content (AvgIpc) is 2.76. The number of hydrogen-bond acceptors (Lipinski definition) is 4. The maximum Gasteiger partial charge on any atom is 0.119 e. The van der Waals surface area contributed by atoms with Gasteiger partial charge in [0.2, 0.25) is 0 Å². The normalized spacial score (nSPS) is 28.1. The Morgan fingerprint density at radius 1 is 1.28 bits per heavy atom. The van der Waals surface area contributed by atoms with E-state index >= 15 is 0 Å². The molecule has 29 heavy (non-hydrogen) atoms. The lowest BCUT2D eigenvalue weighted by Crippen LogP contribution is -2.47. The fourth-order valence-corrected chi connectivity index (χ4v) is 5.77. The van der Waals surface area contributed by atoms with E-state index in [0.29, 0.717) is 24.2 Å². The van der Waals surface area contributed by atoms with E-state index in [1.54, 1.807) is 7.11 Å². The Morgan fingerprint density at radius 2 is 2.17 bits per heavy atom. The van der Waals surface area contributed by atoms with Crippen LogP contribution < -0.4 is 10.1 Å². The lowest BCUT2D eigenvalue weighted by molar-refractivity contribution is 0.0342. The Labute approximate surface area is 174 Å². The number of benzene rings is 1. The minimum absolute atomic E-state index is 0.148. The highest BCUT2D eigenvalue weighted by molar-refractivity contribution is 5.40. The highest BCUT2D eigenvalue weighted by atomic mass is 16.5. The van der Waals surface area contributed by atoms with Gasteiger partial charge in [0.05, 0.1) is 18.9 Å². The predicted molar refractivity (Wildman–Crippen MR) is 115 cm³/mol. The van der Waals surface area contributed by atoms with Crippen LogP contribution in [0.2, 0.25) is 0 Å². The van der Waals surface area contributed by atoms with Crippen LogP contribution in [0.3, 0.4) is 0 Å². The number of rotatable bonds is 6. The molecule has 4 atom stereocenters. The van der Waals surface area contributed by atoms with E-state index in [1.165, 1.54) is 24.0 Å². The van der Waals surface area contributed by atoms with Gasteiger partial charge in [-0.1, -0.05) is 19.1 Å². The van der Waals surface area contributed by atoms with Gasteiger partial charge >= 0.3 is 0 Å². The number of fused-ring (bicyclic) bond motifs is 3. The number of nitrogens with one attached hydrogen (secondary N) is 1. The van der Waals surface area contributed by atoms with Crippen LogP contribution >= 0.6 is 0 Å². The van der Waals surface area contributed by atoms with Gasteiger partial charge in [-0.3, -0.25) is 4.98 Å². The van der Waals surface area contributed by atoms with Crippen molar-refractivity contribution in [1.29, 1.82) is 5.26 Å². The van der Waals surface area contributed by atoms with Gasteiger partial charge in [-0.25, -0.2) is 0 Å². The van der Waals surface area contributed by atoms with Crippen LogP contribution in [0.1, 0.15) is 55.3 Å². The molecule has 4 rings (SSSR count). The Bertz CT molecular complexity index is 875. The van der Waals surface area contributed by atoms with Crippen LogP contribution in [0.5, 0.6) is 5.75 Å². The summed E-state index contributed by atoms with van der Waals surface area (Å²) in [5.41, 5.74) is 4.16. The molecule has 1 heterocycles. The molecule has 1 aromatic heterocycles. The first kappa shape index (κ1) is 19.9. The number of ether oxygens (including phenoxy) is 1. The first-order chi connectivity index (χ1) is 14.1. The molecule has 0 radical (unpaired) electrons. The first-order valence-electron chi connectivity index (χ1n) is 10.8. The van der Waals surface area contributed by atoms with Gasteiger partial charge < -0.3 is 10.1 Å². The van der Waals surface area contributed by atoms with Crippen molar-refractivity contribution >= 4 is 0 Å². The molecule has 2 aliphatic rings. The van der Waals surface area contributed by atoms with Gasteiger partial charge in [-0.2, -0.15) is 5.26 Å². The zero-order valence-corrected chi connectivity index (χ0v) is 17.5. The third-order valence-corrected chi connectivity index (χ3v) is 7.32. The fourth-order valence-electron chi connectivity index (χ4n) is 5.77. The summed E-state index contributed by atoms with van der Waals surface area (Å²) >= 11 is 0. The van der Waals surface area contributed by atoms with E-state index in [-0.39, 0.29) is 5.41 Å². The molecule has 0 saturated heterocycles. The van der Waals surface area contributed by atoms with E-state index in [9.17, 15) is 5.26 Å². The second-order valence-corrected chi connectivity index (χ2v) is 8.96. The van der Waals surface area contributed by atoms with Crippen LogP contribution in [0.25, 0.3) is 0 Å². The van der Waals surface area contributed by atoms with Crippen LogP contribution in [0, 0.1) is 28.6 Å². The number of methoxy groups -OCH3 is 1. The Kier molecular flexibility index (Phi) is 5.87. The first-order valence-corrected chi connectivity index (χ1v) is 10.8. The number of aromatic nitrogens is 1. The Balaban J connectivity index is 1.51. The molecule has 0 aliphatic heterocycles. The topological polar surface area (TPSA) is 57.9 Å². The minimum Gasteiger partial charge on any atom is -0.497 e. The smallest absolute Gasteiger partial charge is 0.119 e. The van der Waals surface area contributed by atoms with E-state index in [0.717, 1.165) is 37.4 Å². The number of pyridine rings is 1. The molecule has 152 valence electrons. The monoisotopic (exact) mass is 389 g/mol. The van der Waals surface area contributed by atoms with Gasteiger partial charge in [-0.15, -0.1) is 0 Å². The summed E-state index contributed by atoms with van der Waals surface area (Å²) in [6, 6.07) is 15.1. The molecular weight excluding hydrogens is 358 g/mol. The van der Waals surface area contributed by atoms with Gasteiger partial charge in [0.15, 0.2) is 0 Å². The summed E-state index contributed by atoms with van der Waals surface area (Å²) in [6.07, 6.45) is 7.11. The van der Waals surface area contributed by atoms with Crippen LogP contribution in [0.15, 0.2) is 42.6 Å². The molecule has 0 spiro atoms. The van der Waals surface area contributed by atoms with Gasteiger partial charge in [0.25, 0.3) is 0 Å². The van der Waals surface area contributed by atoms with Crippen molar-refractivity contribution in [3.63, 3.8) is 0 Å². The van der Waals surface area contributed by atoms with Crippen LogP contribution in [-0.4, -0.2) is 18.6 Å². The van der Waals surface area contributed by atoms with E-state index < -0.39 is 0 Å². The summed E-state index contributed by atoms with van der Waals surface area (Å²) in [4.78, 5) is 4.42. The summed E-state index contributed by atoms with van der Waals surface area (Å²) in [6.45, 7) is 4.11. The molecule has 1 aromatic carbocycles. The summed E-state index contributed by atoms with van der Waals surface area (Å²) in [5, 5.41) is 13.3. The Morgan fingerprint density at radius 3 is 2.93 bits per heavy atom. The van der Waals surface area contributed by atoms with E-state index in [4.69, 9.17) is 4.74 Å². The summed E-state index contributed by atoms with van der Waals surface area (Å²) in [7, 11) is 1.74. The lowest BCUT2D eigenvalue weighted by atomic mass is 9.54. The molecule has 2 aromatic rings. The zero-order valence-electron chi connectivity index (χ0n) is 17.5. The fraction of sp³-hybridized carbons (Fsp3) is 0.520. The highest BCUT2D eigenvalue weighted by Gasteiger charge is 2.47. The van der Waals surface area contributed by atoms with Crippen molar-refractivity contribution in [3.8, 4) is 11.8 Å². The maximum atomic E-state index is 9.61. The maximum absolute atomic E-state index is 9.61. The molecule has 1 fully saturated rings. The third-order valence-electron chi connectivity index (χ3n) is 7.32. The van der Waals surface area contributed by atoms with Crippen LogP contribution in [-0.2, 0) is 13.0 Å². The van der Waals surface area contributed by atoms with Crippen molar-refractivity contribution < 1.29 is 4.74 Å². The SMILES string of the molecule is COc1ccc2c(c1)CC[C@@H]1[C@@H]2CC[C@](C)(CNCc2ccccn2)[C@H]1CC#N. The van der Waals surface area contributed by atoms with Crippen molar-refractivity contribution in [1.82, 2.24) is 10.3 Å². The zero-order chi connectivity index (χ0) is 20.3. The largest absolute Gasteiger partial charge is 0.497 e. The second kappa shape index (κ2) is 8.55. The number of nitriles is 1. The Hall–Kier alpha value is -2.38. The van der Waals surface area contributed by atoms with Crippen molar-refractivity contribution in [2.24, 2.45) is 17.3 Å². The van der Waals surface area contributed by atoms with Crippen molar-refractivity contribution in [2.75, 3.05) is 13.7 Å². The van der Waals surface area contributed by atoms with Crippen LogP contribution in [0.4, 0.5) is 0 Å². The second-order valence-electron chi connectivity index (χ2n) is 8.96. The molecule has 2 aliphatic carbocycles. The number of aryl methyl sites for hydroxylation is 1. The summed E-state index contributed by atoms with van der Waals surface area (Å²) in [5.74, 6) is 2.55. The average molecular weight is 390 g/mol. The number of hydrogen-bond donors (Lipinski definition) is 1. The molecule has 0 bridgehead atoms. The lowest BCUT2D eigenvalue weighted by Gasteiger charge is -2.51. The molecule has 4 nitrogen and oxygen atoms in total. The van der Waals surface area contributed by atoms with Crippen molar-refractivity contribution in [3.05, 3.63) is 59.4 Å². The molecule has 0 amide bonds.